The summed E-state index contributed by atoms with van der Waals surface area (Å²) in [6, 6.07) is 14.2. The van der Waals surface area contributed by atoms with E-state index >= 15 is 0 Å². The van der Waals surface area contributed by atoms with Crippen molar-refractivity contribution in [2.24, 2.45) is 5.92 Å². The van der Waals surface area contributed by atoms with Crippen molar-refractivity contribution in [3.63, 3.8) is 0 Å². The van der Waals surface area contributed by atoms with Crippen molar-refractivity contribution in [3.05, 3.63) is 30.3 Å². The minimum atomic E-state index is -2.27. The maximum absolute atomic E-state index is 9.93. The molecule has 0 aliphatic heterocycles. The summed E-state index contributed by atoms with van der Waals surface area (Å²) < 4.78 is 1.59. The lowest BCUT2D eigenvalue weighted by molar-refractivity contribution is -0.0215. The van der Waals surface area contributed by atoms with Crippen LogP contribution in [0.5, 0.6) is 0 Å². The predicted octanol–water partition coefficient (Wildman–Crippen LogP) is 3.68. The number of nitriles is 1. The van der Waals surface area contributed by atoms with Crippen LogP contribution in [0.15, 0.2) is 30.3 Å². The zero-order valence-electron chi connectivity index (χ0n) is 16.9. The molecule has 1 unspecified atom stereocenters. The van der Waals surface area contributed by atoms with Gasteiger partial charge in [0.2, 0.25) is 0 Å². The van der Waals surface area contributed by atoms with Crippen LogP contribution in [0.2, 0.25) is 19.1 Å². The Labute approximate surface area is 161 Å². The molecule has 0 fully saturated rings. The van der Waals surface area contributed by atoms with Gasteiger partial charge in [0.05, 0.1) is 20.1 Å². The summed E-state index contributed by atoms with van der Waals surface area (Å²) >= 11 is 0. The van der Waals surface area contributed by atoms with Crippen molar-refractivity contribution in [2.75, 3.05) is 6.54 Å². The first-order valence-electron chi connectivity index (χ1n) is 9.29. The second-order valence-corrected chi connectivity index (χ2v) is 13.8. The fourth-order valence-corrected chi connectivity index (χ4v) is 6.75. The van der Waals surface area contributed by atoms with Gasteiger partial charge in [-0.15, -0.1) is 0 Å². The minimum absolute atomic E-state index is 0.133. The Morgan fingerprint density at radius 3 is 2.04 bits per heavy atom. The van der Waals surface area contributed by atoms with E-state index < -0.39 is 16.6 Å². The highest BCUT2D eigenvalue weighted by Crippen LogP contribution is 2.35. The molecular weight excluding hydrogens is 361 g/mol. The number of rotatable bonds is 10. The van der Waals surface area contributed by atoms with Gasteiger partial charge in [-0.1, -0.05) is 54.7 Å². The van der Waals surface area contributed by atoms with Crippen molar-refractivity contribution >= 4 is 21.8 Å². The van der Waals surface area contributed by atoms with Crippen LogP contribution >= 0.6 is 8.53 Å². The number of hydrogen-bond donors (Lipinski definition) is 2. The average molecular weight is 396 g/mol. The second kappa shape index (κ2) is 10.5. The fraction of sp³-hybridized carbons (Fsp3) is 0.632. The first kappa shape index (κ1) is 23.2. The van der Waals surface area contributed by atoms with E-state index in [0.717, 1.165) is 12.5 Å². The van der Waals surface area contributed by atoms with Gasteiger partial charge in [-0.05, 0) is 34.1 Å². The lowest BCUT2D eigenvalue weighted by Crippen LogP contribution is -2.49. The molecule has 146 valence electrons. The highest BCUT2D eigenvalue weighted by molar-refractivity contribution is 7.42. The summed E-state index contributed by atoms with van der Waals surface area (Å²) in [5.74, 6) is -0.227. The highest BCUT2D eigenvalue weighted by Gasteiger charge is 2.31. The Kier molecular flexibility index (Phi) is 9.39. The van der Waals surface area contributed by atoms with Gasteiger partial charge in [-0.2, -0.15) is 10.0 Å². The molecule has 5 nitrogen and oxygen atoms in total. The molecule has 0 amide bonds. The van der Waals surface area contributed by atoms with Gasteiger partial charge in [0.1, 0.15) is 0 Å². The average Bonchev–Trinajstić information content (AvgIpc) is 2.57. The summed E-state index contributed by atoms with van der Waals surface area (Å²) in [5.41, 5.74) is 0. The molecule has 1 aromatic rings. The van der Waals surface area contributed by atoms with Crippen LogP contribution in [0.4, 0.5) is 0 Å². The van der Waals surface area contributed by atoms with Gasteiger partial charge in [0.25, 0.3) is 8.53 Å². The van der Waals surface area contributed by atoms with E-state index in [0.29, 0.717) is 6.54 Å². The lowest BCUT2D eigenvalue weighted by Gasteiger charge is -2.41. The first-order chi connectivity index (χ1) is 12.1. The Morgan fingerprint density at radius 2 is 1.62 bits per heavy atom. The summed E-state index contributed by atoms with van der Waals surface area (Å²) in [4.78, 5) is 19.9. The van der Waals surface area contributed by atoms with E-state index in [1.807, 2.05) is 38.8 Å². The fourth-order valence-electron chi connectivity index (χ4n) is 3.35. The molecular formula is C19H34N3O2PSi. The molecule has 0 saturated heterocycles. The third-order valence-corrected chi connectivity index (χ3v) is 8.99. The van der Waals surface area contributed by atoms with E-state index in [9.17, 15) is 15.0 Å². The van der Waals surface area contributed by atoms with Gasteiger partial charge in [-0.3, -0.25) is 0 Å². The van der Waals surface area contributed by atoms with E-state index in [1.54, 1.807) is 4.78 Å². The Hall–Kier alpha value is -0.803. The van der Waals surface area contributed by atoms with Gasteiger partial charge in [0.15, 0.2) is 0 Å². The third-order valence-electron chi connectivity index (χ3n) is 4.77. The van der Waals surface area contributed by atoms with Crippen molar-refractivity contribution in [1.82, 2.24) is 9.79 Å². The number of hydrogen-bond acceptors (Lipinski definition) is 5. The normalized spacial score (nSPS) is 13.8. The zero-order chi connectivity index (χ0) is 19.9. The van der Waals surface area contributed by atoms with Crippen LogP contribution in [0.25, 0.3) is 0 Å². The molecule has 0 radical (unpaired) electrons. The van der Waals surface area contributed by atoms with Crippen LogP contribution in [0.3, 0.4) is 0 Å². The monoisotopic (exact) mass is 395 g/mol. The number of nitrogens with zero attached hydrogens (tertiary/aromatic N) is 3. The first-order valence-corrected chi connectivity index (χ1v) is 13.7. The standard InChI is InChI=1S/C19H34N3O2PSi/c1-16(2)22(17(3)4)21(25(23)24)15-18(14-20)12-13-26(5,6)19-10-8-7-9-11-19/h7-11,16-18,23-24H,12-13,15H2,1-6H3. The van der Waals surface area contributed by atoms with Gasteiger partial charge < -0.3 is 9.79 Å². The topological polar surface area (TPSA) is 70.7 Å². The summed E-state index contributed by atoms with van der Waals surface area (Å²) in [5, 5.41) is 13.0. The summed E-state index contributed by atoms with van der Waals surface area (Å²) in [6.07, 6.45) is 0.772. The van der Waals surface area contributed by atoms with Crippen molar-refractivity contribution in [3.8, 4) is 6.07 Å². The van der Waals surface area contributed by atoms with Crippen LogP contribution in [-0.4, -0.2) is 46.3 Å². The van der Waals surface area contributed by atoms with Gasteiger partial charge >= 0.3 is 0 Å². The molecule has 0 bridgehead atoms. The van der Waals surface area contributed by atoms with Crippen LogP contribution in [0, 0.1) is 17.2 Å². The predicted molar refractivity (Wildman–Crippen MR) is 112 cm³/mol. The Balaban J connectivity index is 2.82. The molecule has 0 saturated carbocycles. The summed E-state index contributed by atoms with van der Waals surface area (Å²) in [6.45, 7) is 13.1. The quantitative estimate of drug-likeness (QED) is 0.359. The van der Waals surface area contributed by atoms with Crippen LogP contribution in [0.1, 0.15) is 34.1 Å². The highest BCUT2D eigenvalue weighted by atomic mass is 31.2. The molecule has 1 rings (SSSR count). The molecule has 2 N–H and O–H groups in total. The molecule has 0 heterocycles. The van der Waals surface area contributed by atoms with E-state index in [4.69, 9.17) is 0 Å². The number of hydrazine groups is 1. The third kappa shape index (κ3) is 6.73. The SMILES string of the molecule is CC(C)N(C(C)C)N(CC(C#N)CC[Si](C)(C)c1ccccc1)P(O)O. The van der Waals surface area contributed by atoms with Crippen LogP contribution < -0.4 is 5.19 Å². The Bertz CT molecular complexity index is 568. The molecule has 0 aromatic heterocycles. The molecule has 26 heavy (non-hydrogen) atoms. The molecule has 0 aliphatic carbocycles. The van der Waals surface area contributed by atoms with Gasteiger partial charge in [-0.25, -0.2) is 5.01 Å². The van der Waals surface area contributed by atoms with E-state index in [-0.39, 0.29) is 18.0 Å². The van der Waals surface area contributed by atoms with E-state index in [2.05, 4.69) is 43.4 Å². The molecule has 1 aromatic carbocycles. The molecule has 1 atom stereocenters. The maximum Gasteiger partial charge on any atom is 0.268 e. The molecule has 7 heteroatoms. The zero-order valence-corrected chi connectivity index (χ0v) is 18.8. The number of benzene rings is 1. The van der Waals surface area contributed by atoms with Crippen LogP contribution in [-0.2, 0) is 0 Å². The van der Waals surface area contributed by atoms with Gasteiger partial charge in [0, 0.05) is 18.6 Å². The Morgan fingerprint density at radius 1 is 1.08 bits per heavy atom. The smallest absolute Gasteiger partial charge is 0.268 e. The van der Waals surface area contributed by atoms with E-state index in [1.165, 1.54) is 5.19 Å². The largest absolute Gasteiger partial charge is 0.337 e. The molecule has 0 aliphatic rings. The second-order valence-electron chi connectivity index (χ2n) is 8.01. The summed E-state index contributed by atoms with van der Waals surface area (Å²) in [7, 11) is -3.88. The van der Waals surface area contributed by atoms with Crippen molar-refractivity contribution in [1.29, 1.82) is 5.26 Å². The van der Waals surface area contributed by atoms with Crippen molar-refractivity contribution < 1.29 is 9.79 Å². The maximum atomic E-state index is 9.93. The molecule has 0 spiro atoms. The van der Waals surface area contributed by atoms with Crippen molar-refractivity contribution in [2.45, 2.75) is 65.3 Å². The minimum Gasteiger partial charge on any atom is -0.337 e. The lowest BCUT2D eigenvalue weighted by atomic mass is 10.1.